The fourth-order valence-electron chi connectivity index (χ4n) is 2.97. The lowest BCUT2D eigenvalue weighted by Gasteiger charge is -2.35. The highest BCUT2D eigenvalue weighted by atomic mass is 16.2. The third-order valence-electron chi connectivity index (χ3n) is 3.91. The van der Waals surface area contributed by atoms with E-state index in [4.69, 9.17) is 0 Å². The molecule has 1 atom stereocenters. The van der Waals surface area contributed by atoms with Gasteiger partial charge >= 0.3 is 0 Å². The van der Waals surface area contributed by atoms with E-state index >= 15 is 0 Å². The van der Waals surface area contributed by atoms with Crippen molar-refractivity contribution in [1.82, 2.24) is 4.90 Å². The number of carbonyl (C=O) groups excluding carboxylic acids is 2. The molecule has 0 aliphatic carbocycles. The molecule has 0 saturated carbocycles. The van der Waals surface area contributed by atoms with Crippen LogP contribution in [0.25, 0.3) is 0 Å². The highest BCUT2D eigenvalue weighted by Gasteiger charge is 2.27. The van der Waals surface area contributed by atoms with E-state index in [0.717, 1.165) is 31.4 Å². The molecule has 1 unspecified atom stereocenters. The first-order valence-electron chi connectivity index (χ1n) is 7.40. The summed E-state index contributed by atoms with van der Waals surface area (Å²) >= 11 is 0. The zero-order valence-corrected chi connectivity index (χ0v) is 12.4. The van der Waals surface area contributed by atoms with Crippen molar-refractivity contribution in [3.63, 3.8) is 0 Å². The second-order valence-electron chi connectivity index (χ2n) is 5.81. The molecule has 1 aliphatic heterocycles. The fraction of sp³-hybridized carbons (Fsp3) is 0.529. The van der Waals surface area contributed by atoms with Crippen LogP contribution in [0.15, 0.2) is 24.3 Å². The van der Waals surface area contributed by atoms with Gasteiger partial charge in [-0.05, 0) is 38.7 Å². The minimum Gasteiger partial charge on any atom is -0.339 e. The van der Waals surface area contributed by atoms with Gasteiger partial charge in [-0.15, -0.1) is 0 Å². The molecule has 1 heterocycles. The quantitative estimate of drug-likeness (QED) is 0.846. The van der Waals surface area contributed by atoms with Crippen LogP contribution in [-0.4, -0.2) is 29.2 Å². The first-order chi connectivity index (χ1) is 9.56. The van der Waals surface area contributed by atoms with E-state index in [0.29, 0.717) is 12.8 Å². The maximum atomic E-state index is 12.5. The summed E-state index contributed by atoms with van der Waals surface area (Å²) in [6.45, 7) is 4.44. The van der Waals surface area contributed by atoms with E-state index in [1.54, 1.807) is 6.92 Å². The Kier molecular flexibility index (Phi) is 4.94. The highest BCUT2D eigenvalue weighted by Crippen LogP contribution is 2.21. The van der Waals surface area contributed by atoms with Gasteiger partial charge in [-0.25, -0.2) is 0 Å². The third-order valence-corrected chi connectivity index (χ3v) is 3.91. The fourth-order valence-corrected chi connectivity index (χ4v) is 2.97. The number of rotatable bonds is 4. The van der Waals surface area contributed by atoms with Gasteiger partial charge in [-0.2, -0.15) is 0 Å². The van der Waals surface area contributed by atoms with Crippen LogP contribution in [0.3, 0.4) is 0 Å². The van der Waals surface area contributed by atoms with Crippen molar-refractivity contribution < 1.29 is 9.59 Å². The minimum absolute atomic E-state index is 0.110. The summed E-state index contributed by atoms with van der Waals surface area (Å²) in [5, 5.41) is 0. The van der Waals surface area contributed by atoms with Crippen LogP contribution < -0.4 is 0 Å². The van der Waals surface area contributed by atoms with E-state index in [-0.39, 0.29) is 17.7 Å². The minimum atomic E-state index is 0.110. The van der Waals surface area contributed by atoms with E-state index in [9.17, 15) is 9.59 Å². The number of Topliss-reactive ketones (excluding diaryl/α,β-unsaturated/α-hetero) is 1. The lowest BCUT2D eigenvalue weighted by Crippen LogP contribution is -2.45. The molecule has 20 heavy (non-hydrogen) atoms. The Labute approximate surface area is 121 Å². The number of amides is 1. The van der Waals surface area contributed by atoms with Gasteiger partial charge < -0.3 is 4.90 Å². The highest BCUT2D eigenvalue weighted by molar-refractivity contribution is 5.81. The summed E-state index contributed by atoms with van der Waals surface area (Å²) in [5.74, 6) is 0.326. The average Bonchev–Trinajstić information content (AvgIpc) is 2.38. The standard InChI is InChI=1S/C17H23NO2/c1-13-6-5-7-15(10-13)12-17(20)18-9-4-3-8-16(18)11-14(2)19/h5-7,10,16H,3-4,8-9,11-12H2,1-2H3. The lowest BCUT2D eigenvalue weighted by atomic mass is 9.96. The molecule has 1 aliphatic rings. The number of ketones is 1. The smallest absolute Gasteiger partial charge is 0.227 e. The maximum absolute atomic E-state index is 12.5. The first kappa shape index (κ1) is 14.8. The summed E-state index contributed by atoms with van der Waals surface area (Å²) in [6.07, 6.45) is 4.06. The Bertz CT molecular complexity index is 496. The molecule has 0 spiro atoms. The molecule has 0 N–H and O–H groups in total. The number of hydrogen-bond donors (Lipinski definition) is 0. The molecule has 1 aromatic rings. The average molecular weight is 273 g/mol. The zero-order chi connectivity index (χ0) is 14.5. The van der Waals surface area contributed by atoms with Crippen molar-refractivity contribution in [1.29, 1.82) is 0 Å². The summed E-state index contributed by atoms with van der Waals surface area (Å²) in [7, 11) is 0. The van der Waals surface area contributed by atoms with Crippen molar-refractivity contribution in [3.05, 3.63) is 35.4 Å². The number of carbonyl (C=O) groups is 2. The van der Waals surface area contributed by atoms with Crippen molar-refractivity contribution >= 4 is 11.7 Å². The zero-order valence-electron chi connectivity index (χ0n) is 12.4. The van der Waals surface area contributed by atoms with E-state index in [1.807, 2.05) is 30.0 Å². The predicted octanol–water partition coefficient (Wildman–Crippen LogP) is 2.90. The Morgan fingerprint density at radius 3 is 2.80 bits per heavy atom. The van der Waals surface area contributed by atoms with Crippen LogP contribution in [0.1, 0.15) is 43.7 Å². The van der Waals surface area contributed by atoms with Crippen molar-refractivity contribution in [3.8, 4) is 0 Å². The number of likely N-dealkylation sites (tertiary alicyclic amines) is 1. The van der Waals surface area contributed by atoms with E-state index in [2.05, 4.69) is 6.07 Å². The van der Waals surface area contributed by atoms with Gasteiger partial charge in [0.2, 0.25) is 5.91 Å². The number of benzene rings is 1. The normalized spacial score (nSPS) is 18.9. The van der Waals surface area contributed by atoms with Gasteiger partial charge in [0, 0.05) is 19.0 Å². The topological polar surface area (TPSA) is 37.4 Å². The van der Waals surface area contributed by atoms with E-state index < -0.39 is 0 Å². The van der Waals surface area contributed by atoms with Gasteiger partial charge in [-0.1, -0.05) is 29.8 Å². The second-order valence-corrected chi connectivity index (χ2v) is 5.81. The van der Waals surface area contributed by atoms with Gasteiger partial charge in [0.25, 0.3) is 0 Å². The van der Waals surface area contributed by atoms with Crippen LogP contribution >= 0.6 is 0 Å². The predicted molar refractivity (Wildman–Crippen MR) is 79.5 cm³/mol. The van der Waals surface area contributed by atoms with Crippen LogP contribution in [0.2, 0.25) is 0 Å². The molecule has 0 radical (unpaired) electrons. The van der Waals surface area contributed by atoms with Crippen molar-refractivity contribution in [2.24, 2.45) is 0 Å². The molecule has 1 saturated heterocycles. The van der Waals surface area contributed by atoms with Gasteiger partial charge in [-0.3, -0.25) is 9.59 Å². The molecule has 1 aromatic carbocycles. The van der Waals surface area contributed by atoms with Crippen LogP contribution in [0.4, 0.5) is 0 Å². The molecule has 108 valence electrons. The maximum Gasteiger partial charge on any atom is 0.227 e. The Morgan fingerprint density at radius 1 is 1.30 bits per heavy atom. The van der Waals surface area contributed by atoms with E-state index in [1.165, 1.54) is 5.56 Å². The van der Waals surface area contributed by atoms with Crippen molar-refractivity contribution in [2.75, 3.05) is 6.54 Å². The molecule has 0 aromatic heterocycles. The van der Waals surface area contributed by atoms with Gasteiger partial charge in [0.15, 0.2) is 0 Å². The Morgan fingerprint density at radius 2 is 2.10 bits per heavy atom. The number of hydrogen-bond acceptors (Lipinski definition) is 2. The molecule has 3 heteroatoms. The number of aryl methyl sites for hydroxylation is 1. The molecule has 0 bridgehead atoms. The lowest BCUT2D eigenvalue weighted by molar-refractivity contribution is -0.135. The van der Waals surface area contributed by atoms with Gasteiger partial charge in [0.05, 0.1) is 6.42 Å². The SMILES string of the molecule is CC(=O)CC1CCCCN1C(=O)Cc1cccc(C)c1. The molecule has 2 rings (SSSR count). The summed E-state index contributed by atoms with van der Waals surface area (Å²) in [5.41, 5.74) is 2.23. The van der Waals surface area contributed by atoms with Crippen LogP contribution in [0, 0.1) is 6.92 Å². The molecular formula is C17H23NO2. The van der Waals surface area contributed by atoms with Gasteiger partial charge in [0.1, 0.15) is 5.78 Å². The third kappa shape index (κ3) is 3.92. The Balaban J connectivity index is 2.04. The molecule has 3 nitrogen and oxygen atoms in total. The molecule has 1 amide bonds. The van der Waals surface area contributed by atoms with Crippen LogP contribution in [-0.2, 0) is 16.0 Å². The first-order valence-corrected chi connectivity index (χ1v) is 7.40. The molecule has 1 fully saturated rings. The monoisotopic (exact) mass is 273 g/mol. The summed E-state index contributed by atoms with van der Waals surface area (Å²) < 4.78 is 0. The number of nitrogens with zero attached hydrogens (tertiary/aromatic N) is 1. The second kappa shape index (κ2) is 6.69. The molecular weight excluding hydrogens is 250 g/mol. The summed E-state index contributed by atoms with van der Waals surface area (Å²) in [6, 6.07) is 8.18. The number of piperidine rings is 1. The Hall–Kier alpha value is -1.64. The van der Waals surface area contributed by atoms with Crippen molar-refractivity contribution in [2.45, 2.75) is 52.0 Å². The van der Waals surface area contributed by atoms with Crippen LogP contribution in [0.5, 0.6) is 0 Å². The largest absolute Gasteiger partial charge is 0.339 e. The summed E-state index contributed by atoms with van der Waals surface area (Å²) in [4.78, 5) is 25.8.